The maximum Gasteiger partial charge on any atom is 0.203 e. The molecule has 2 aliphatic rings. The van der Waals surface area contributed by atoms with Crippen molar-refractivity contribution in [1.82, 2.24) is 0 Å². The zero-order valence-electron chi connectivity index (χ0n) is 17.9. The lowest BCUT2D eigenvalue weighted by atomic mass is 10.1. The van der Waals surface area contributed by atoms with Gasteiger partial charge in [0.25, 0.3) is 0 Å². The van der Waals surface area contributed by atoms with Gasteiger partial charge in [-0.1, -0.05) is 12.2 Å². The van der Waals surface area contributed by atoms with E-state index in [1.165, 1.54) is 38.5 Å². The Balaban J connectivity index is 1.83. The van der Waals surface area contributed by atoms with Crippen molar-refractivity contribution in [3.05, 3.63) is 81.6 Å². The van der Waals surface area contributed by atoms with Gasteiger partial charge in [0.15, 0.2) is 0 Å². The number of allylic oxidation sites excluding steroid dienone is 6. The highest BCUT2D eigenvalue weighted by atomic mass is 32.2. The third-order valence-corrected chi connectivity index (χ3v) is 9.72. The molecule has 0 fully saturated rings. The first-order valence-electron chi connectivity index (χ1n) is 10.2. The van der Waals surface area contributed by atoms with Gasteiger partial charge in [0.05, 0.1) is 33.8 Å². The molecule has 8 heteroatoms. The van der Waals surface area contributed by atoms with Crippen LogP contribution in [0.1, 0.15) is 25.7 Å². The first-order chi connectivity index (χ1) is 15.3. The standard InChI is InChI=1S/C24H24O6S2/c1-29-17-9-13-19(14-10-17)31(25,26)23-7-4-8-24(22-6-3-5-21(22)23)32(27,28)20-15-11-18(30-2)12-16-20/h3,5,9-16H,4,6-8H2,1-2H3. The number of hydrogen-bond acceptors (Lipinski definition) is 6. The number of methoxy groups -OCH3 is 2. The molecule has 0 spiro atoms. The number of hydrogen-bond donors (Lipinski definition) is 0. The molecule has 168 valence electrons. The van der Waals surface area contributed by atoms with Gasteiger partial charge in [-0.3, -0.25) is 0 Å². The molecule has 6 nitrogen and oxygen atoms in total. The van der Waals surface area contributed by atoms with Gasteiger partial charge in [0.1, 0.15) is 11.5 Å². The summed E-state index contributed by atoms with van der Waals surface area (Å²) in [7, 11) is -4.51. The van der Waals surface area contributed by atoms with Crippen LogP contribution in [0.3, 0.4) is 0 Å². The summed E-state index contributed by atoms with van der Waals surface area (Å²) >= 11 is 0. The molecule has 0 bridgehead atoms. The van der Waals surface area contributed by atoms with Crippen molar-refractivity contribution in [2.45, 2.75) is 35.5 Å². The van der Waals surface area contributed by atoms with E-state index in [1.807, 2.05) is 6.08 Å². The van der Waals surface area contributed by atoms with Crippen LogP contribution in [0, 0.1) is 0 Å². The summed E-state index contributed by atoms with van der Waals surface area (Å²) in [5.41, 5.74) is 1.08. The van der Waals surface area contributed by atoms with Gasteiger partial charge in [0.2, 0.25) is 19.7 Å². The third kappa shape index (κ3) is 3.89. The van der Waals surface area contributed by atoms with Crippen molar-refractivity contribution in [3.8, 4) is 11.5 Å². The summed E-state index contributed by atoms with van der Waals surface area (Å²) in [6, 6.07) is 12.5. The number of benzene rings is 2. The van der Waals surface area contributed by atoms with Crippen LogP contribution in [-0.4, -0.2) is 31.1 Å². The number of fused-ring (bicyclic) bond motifs is 1. The summed E-state index contributed by atoms with van der Waals surface area (Å²) in [5.74, 6) is 1.13. The maximum atomic E-state index is 13.5. The van der Waals surface area contributed by atoms with Crippen LogP contribution in [0.25, 0.3) is 0 Å². The second-order valence-corrected chi connectivity index (χ2v) is 11.5. The van der Waals surface area contributed by atoms with Crippen LogP contribution < -0.4 is 9.47 Å². The Bertz CT molecular complexity index is 1330. The quantitative estimate of drug-likeness (QED) is 0.611. The minimum atomic E-state index is -3.78. The van der Waals surface area contributed by atoms with Gasteiger partial charge in [-0.15, -0.1) is 0 Å². The largest absolute Gasteiger partial charge is 0.497 e. The van der Waals surface area contributed by atoms with E-state index < -0.39 is 19.7 Å². The second kappa shape index (κ2) is 8.60. The average Bonchev–Trinajstić information content (AvgIpc) is 3.19. The van der Waals surface area contributed by atoms with Crippen molar-refractivity contribution in [2.24, 2.45) is 0 Å². The van der Waals surface area contributed by atoms with Crippen LogP contribution >= 0.6 is 0 Å². The molecule has 0 aromatic heterocycles. The van der Waals surface area contributed by atoms with Gasteiger partial charge < -0.3 is 9.47 Å². The molecule has 0 unspecified atom stereocenters. The Hall–Kier alpha value is -2.84. The predicted octanol–water partition coefficient (Wildman–Crippen LogP) is 4.60. The van der Waals surface area contributed by atoms with Gasteiger partial charge in [0, 0.05) is 0 Å². The molecular formula is C24H24O6S2. The Morgan fingerprint density at radius 1 is 0.688 bits per heavy atom. The molecule has 0 aliphatic heterocycles. The Morgan fingerprint density at radius 3 is 1.66 bits per heavy atom. The van der Waals surface area contributed by atoms with E-state index in [9.17, 15) is 16.8 Å². The van der Waals surface area contributed by atoms with E-state index >= 15 is 0 Å². The molecular weight excluding hydrogens is 448 g/mol. The Labute approximate surface area is 188 Å². The zero-order valence-corrected chi connectivity index (χ0v) is 19.5. The van der Waals surface area contributed by atoms with Gasteiger partial charge >= 0.3 is 0 Å². The van der Waals surface area contributed by atoms with Crippen LogP contribution in [0.2, 0.25) is 0 Å². The summed E-state index contributed by atoms with van der Waals surface area (Å²) in [6.45, 7) is 0. The normalized spacial score (nSPS) is 16.7. The van der Waals surface area contributed by atoms with Crippen LogP contribution in [0.5, 0.6) is 11.5 Å². The predicted molar refractivity (Wildman–Crippen MR) is 122 cm³/mol. The van der Waals surface area contributed by atoms with E-state index in [2.05, 4.69) is 0 Å². The number of ether oxygens (including phenoxy) is 2. The lowest BCUT2D eigenvalue weighted by molar-refractivity contribution is 0.414. The molecule has 0 radical (unpaired) electrons. The van der Waals surface area contributed by atoms with Crippen molar-refractivity contribution in [1.29, 1.82) is 0 Å². The van der Waals surface area contributed by atoms with Crippen molar-refractivity contribution in [2.75, 3.05) is 14.2 Å². The summed E-state index contributed by atoms with van der Waals surface area (Å²) < 4.78 is 64.1. The van der Waals surface area contributed by atoms with Gasteiger partial charge in [-0.05, 0) is 85.4 Å². The molecule has 2 aromatic rings. The van der Waals surface area contributed by atoms with E-state index in [4.69, 9.17) is 9.47 Å². The monoisotopic (exact) mass is 472 g/mol. The van der Waals surface area contributed by atoms with Gasteiger partial charge in [-0.25, -0.2) is 16.8 Å². The maximum absolute atomic E-state index is 13.5. The SMILES string of the molecule is COc1ccc(S(=O)(=O)C2=C3C=CCC3=C(S(=O)(=O)c3ccc(OC)cc3)CCC2)cc1. The Morgan fingerprint density at radius 2 is 1.16 bits per heavy atom. The minimum absolute atomic E-state index is 0.168. The average molecular weight is 473 g/mol. The van der Waals surface area contributed by atoms with Crippen molar-refractivity contribution >= 4 is 19.7 Å². The lowest BCUT2D eigenvalue weighted by Crippen LogP contribution is -2.09. The molecule has 4 rings (SSSR count). The molecule has 2 aromatic carbocycles. The van der Waals surface area contributed by atoms with E-state index in [-0.39, 0.29) is 27.5 Å². The highest BCUT2D eigenvalue weighted by molar-refractivity contribution is 7.95. The molecule has 0 saturated carbocycles. The first kappa shape index (κ1) is 22.4. The summed E-state index contributed by atoms with van der Waals surface area (Å²) in [5, 5.41) is 0. The fraction of sp³-hybridized carbons (Fsp3) is 0.250. The van der Waals surface area contributed by atoms with Crippen LogP contribution in [-0.2, 0) is 19.7 Å². The molecule has 0 amide bonds. The second-order valence-electron chi connectivity index (χ2n) is 7.56. The zero-order chi connectivity index (χ0) is 22.9. The van der Waals surface area contributed by atoms with Crippen molar-refractivity contribution in [3.63, 3.8) is 0 Å². The van der Waals surface area contributed by atoms with E-state index in [0.717, 1.165) is 0 Å². The highest BCUT2D eigenvalue weighted by Gasteiger charge is 2.33. The fourth-order valence-corrected chi connectivity index (χ4v) is 7.48. The topological polar surface area (TPSA) is 86.7 Å². The van der Waals surface area contributed by atoms with Crippen molar-refractivity contribution < 1.29 is 26.3 Å². The van der Waals surface area contributed by atoms with Crippen LogP contribution in [0.4, 0.5) is 0 Å². The van der Waals surface area contributed by atoms with Gasteiger partial charge in [-0.2, -0.15) is 0 Å². The highest BCUT2D eigenvalue weighted by Crippen LogP contribution is 2.42. The molecule has 0 atom stereocenters. The van der Waals surface area contributed by atoms with E-state index in [0.29, 0.717) is 40.4 Å². The smallest absolute Gasteiger partial charge is 0.203 e. The van der Waals surface area contributed by atoms with Crippen LogP contribution in [0.15, 0.2) is 91.4 Å². The van der Waals surface area contributed by atoms with E-state index in [1.54, 1.807) is 30.3 Å². The number of sulfone groups is 2. The third-order valence-electron chi connectivity index (χ3n) is 5.76. The lowest BCUT2D eigenvalue weighted by Gasteiger charge is -2.13. The molecule has 32 heavy (non-hydrogen) atoms. The Kier molecular flexibility index (Phi) is 6.01. The summed E-state index contributed by atoms with van der Waals surface area (Å²) in [4.78, 5) is 0.907. The first-order valence-corrected chi connectivity index (χ1v) is 13.2. The molecule has 2 aliphatic carbocycles. The molecule has 0 N–H and O–H groups in total. The number of rotatable bonds is 6. The summed E-state index contributed by atoms with van der Waals surface area (Å²) in [6.07, 6.45) is 4.94. The molecule has 0 saturated heterocycles. The minimum Gasteiger partial charge on any atom is -0.497 e. The molecule has 0 heterocycles. The fourth-order valence-electron chi connectivity index (χ4n) is 4.10.